The van der Waals surface area contributed by atoms with Crippen molar-refractivity contribution in [3.05, 3.63) is 115 Å². The lowest BCUT2D eigenvalue weighted by atomic mass is 9.74. The maximum atomic E-state index is 3.18. The molecule has 0 unspecified atom stereocenters. The van der Waals surface area contributed by atoms with E-state index in [1.807, 2.05) is 0 Å². The van der Waals surface area contributed by atoms with Gasteiger partial charge in [-0.1, -0.05) is 298 Å². The van der Waals surface area contributed by atoms with Gasteiger partial charge in [0.2, 0.25) is 0 Å². The summed E-state index contributed by atoms with van der Waals surface area (Å²) >= 11 is 0. The van der Waals surface area contributed by atoms with Gasteiger partial charge in [0.15, 0.2) is 0 Å². The van der Waals surface area contributed by atoms with Crippen molar-refractivity contribution in [3.63, 3.8) is 0 Å². The maximum Gasteiger partial charge on any atom is 0.139 e. The highest BCUT2D eigenvalue weighted by Gasteiger charge is 2.58. The Labute approximate surface area is 474 Å². The Bertz CT molecular complexity index is 2260. The summed E-state index contributed by atoms with van der Waals surface area (Å²) in [5.74, 6) is 0. The zero-order chi connectivity index (χ0) is 59.2. The summed E-state index contributed by atoms with van der Waals surface area (Å²) in [5, 5.41) is 3.09. The molecule has 2 nitrogen and oxygen atoms in total. The van der Waals surface area contributed by atoms with Crippen LogP contribution in [0.5, 0.6) is 0 Å². The maximum absolute atomic E-state index is 3.18. The normalized spacial score (nSPS) is 17.4. The van der Waals surface area contributed by atoms with Crippen molar-refractivity contribution in [1.82, 2.24) is 0 Å². The van der Waals surface area contributed by atoms with E-state index in [-0.39, 0.29) is 65.0 Å². The van der Waals surface area contributed by atoms with Gasteiger partial charge in [-0.25, -0.2) is 0 Å². The first kappa shape index (κ1) is 64.2. The summed E-state index contributed by atoms with van der Waals surface area (Å²) in [4.78, 5) is 0. The third-order valence-electron chi connectivity index (χ3n) is 15.9. The van der Waals surface area contributed by atoms with Crippen molar-refractivity contribution in [1.29, 1.82) is 0 Å². The van der Waals surface area contributed by atoms with E-state index in [0.717, 1.165) is 0 Å². The molecule has 76 heavy (non-hydrogen) atoms. The van der Waals surface area contributed by atoms with Crippen molar-refractivity contribution in [2.24, 2.45) is 0 Å². The predicted octanol–water partition coefficient (Wildman–Crippen LogP) is 21.9. The number of benzene rings is 4. The second-order valence-electron chi connectivity index (χ2n) is 35.8. The molecule has 4 heteroatoms. The minimum absolute atomic E-state index is 0.0430. The van der Waals surface area contributed by atoms with Crippen molar-refractivity contribution >= 4 is 38.4 Å². The van der Waals surface area contributed by atoms with Gasteiger partial charge in [-0.3, -0.25) is 8.88 Å². The molecule has 4 aromatic rings. The van der Waals surface area contributed by atoms with Crippen LogP contribution in [0, 0.1) is 0 Å². The van der Waals surface area contributed by atoms with Gasteiger partial charge in [0, 0.05) is 10.6 Å². The third-order valence-corrected chi connectivity index (χ3v) is 21.9. The minimum Gasteiger partial charge on any atom is -0.286 e. The number of hydrogen-bond donors (Lipinski definition) is 0. The van der Waals surface area contributed by atoms with Crippen LogP contribution in [-0.2, 0) is 65.0 Å². The Balaban J connectivity index is 2.43. The summed E-state index contributed by atoms with van der Waals surface area (Å²) in [5.41, 5.74) is 18.8. The van der Waals surface area contributed by atoms with Crippen molar-refractivity contribution < 1.29 is 0 Å². The van der Waals surface area contributed by atoms with E-state index in [9.17, 15) is 0 Å². The SMILES string of the molecule is CC(C)(C)c1cc(C(C)(C)C)c(N2P(c3c(C(C)(C)C)cc(C(C)(C)C)cc3C(C)(C)C)N(c3c(C(C)(C)C)cc(C(C)(C)C)cc3C(C)(C)C)P2c2c(C(C)(C)C)cc(C(C)(C)C)cc2C(C)(C)C)c(C(C)(C)C)c1. The van der Waals surface area contributed by atoms with Crippen molar-refractivity contribution in [3.8, 4) is 0 Å². The zero-order valence-corrected chi connectivity index (χ0v) is 58.2. The lowest BCUT2D eigenvalue weighted by molar-refractivity contribution is 0.548. The highest BCUT2D eigenvalue weighted by atomic mass is 31.3. The van der Waals surface area contributed by atoms with Crippen LogP contribution in [0.3, 0.4) is 0 Å². The second-order valence-corrected chi connectivity index (χ2v) is 40.1. The van der Waals surface area contributed by atoms with E-state index in [1.165, 1.54) is 78.1 Å². The molecule has 0 amide bonds. The molecule has 0 bridgehead atoms. The van der Waals surface area contributed by atoms with Gasteiger partial charge in [-0.15, -0.1) is 0 Å². The third kappa shape index (κ3) is 12.9. The Hall–Kier alpha value is -2.66. The molecule has 1 aliphatic rings. The van der Waals surface area contributed by atoms with E-state index < -0.39 is 16.4 Å². The quantitative estimate of drug-likeness (QED) is 0.188. The van der Waals surface area contributed by atoms with Crippen LogP contribution in [0.2, 0.25) is 0 Å². The molecule has 1 aliphatic heterocycles. The molecule has 1 fully saturated rings. The number of rotatable bonds is 4. The fourth-order valence-electron chi connectivity index (χ4n) is 10.8. The molecule has 5 rings (SSSR count). The van der Waals surface area contributed by atoms with Crippen LogP contribution in [0.15, 0.2) is 48.5 Å². The first-order valence-corrected chi connectivity index (χ1v) is 31.8. The van der Waals surface area contributed by atoms with Gasteiger partial charge >= 0.3 is 0 Å². The van der Waals surface area contributed by atoms with E-state index in [0.29, 0.717) is 0 Å². The van der Waals surface area contributed by atoms with Crippen LogP contribution < -0.4 is 19.5 Å². The highest BCUT2D eigenvalue weighted by Crippen LogP contribution is 2.81. The molecule has 0 N–H and O–H groups in total. The molecule has 1 saturated heterocycles. The molecule has 0 atom stereocenters. The summed E-state index contributed by atoms with van der Waals surface area (Å²) in [6, 6.07) is 21.3. The standard InChI is InChI=1S/C72H116N2P2/c1-61(2,3)45-37-49(65(13,14)15)57(50(38-45)66(16,17)18)73-75(59-53(69(25,26)27)41-47(63(7,8)9)42-54(59)70(28,29)30)74(58-51(67(19,20)21)39-46(62(4,5)6)40-52(58)68(22,23)24)76(73)60-55(71(31,32)33)43-48(64(10,11)12)44-56(60)72(34,35)36/h37-44H,1-36H3. The van der Waals surface area contributed by atoms with E-state index >= 15 is 0 Å². The lowest BCUT2D eigenvalue weighted by Gasteiger charge is -2.63. The first-order valence-electron chi connectivity index (χ1n) is 29.3. The molecule has 0 aromatic heterocycles. The molecule has 4 aromatic carbocycles. The largest absolute Gasteiger partial charge is 0.286 e. The molecule has 0 saturated carbocycles. The van der Waals surface area contributed by atoms with E-state index in [4.69, 9.17) is 0 Å². The second kappa shape index (κ2) is 19.5. The molecular formula is C72H116N2P2. The molecule has 0 radical (unpaired) electrons. The zero-order valence-electron chi connectivity index (χ0n) is 56.4. The van der Waals surface area contributed by atoms with Crippen LogP contribution >= 0.6 is 16.4 Å². The fourth-order valence-corrected chi connectivity index (χ4v) is 18.7. The average molecular weight is 1070 g/mol. The van der Waals surface area contributed by atoms with Crippen LogP contribution in [0.25, 0.3) is 0 Å². The van der Waals surface area contributed by atoms with Gasteiger partial charge in [0.25, 0.3) is 0 Å². The van der Waals surface area contributed by atoms with Gasteiger partial charge in [-0.2, -0.15) is 0 Å². The Morgan fingerprint density at radius 2 is 0.329 bits per heavy atom. The molecule has 0 spiro atoms. The fraction of sp³-hybridized carbons (Fsp3) is 0.667. The minimum atomic E-state index is -1.31. The number of anilines is 2. The topological polar surface area (TPSA) is 6.48 Å². The van der Waals surface area contributed by atoms with Crippen molar-refractivity contribution in [2.75, 3.05) is 8.88 Å². The van der Waals surface area contributed by atoms with E-state index in [1.54, 1.807) is 10.6 Å². The molecule has 424 valence electrons. The van der Waals surface area contributed by atoms with Crippen LogP contribution in [0.1, 0.15) is 316 Å². The number of hydrogen-bond acceptors (Lipinski definition) is 2. The van der Waals surface area contributed by atoms with Gasteiger partial charge in [-0.05, 0) is 132 Å². The lowest BCUT2D eigenvalue weighted by Crippen LogP contribution is -2.52. The number of nitrogens with zero attached hydrogens (tertiary/aromatic N) is 2. The van der Waals surface area contributed by atoms with Crippen molar-refractivity contribution in [2.45, 2.75) is 314 Å². The summed E-state index contributed by atoms with van der Waals surface area (Å²) in [7, 11) is -2.63. The molecule has 1 heterocycles. The molecular weight excluding hydrogens is 955 g/mol. The first-order chi connectivity index (χ1) is 33.3. The molecule has 0 aliphatic carbocycles. The Morgan fingerprint density at radius 3 is 0.447 bits per heavy atom. The van der Waals surface area contributed by atoms with Gasteiger partial charge in [0.05, 0.1) is 11.4 Å². The highest BCUT2D eigenvalue weighted by molar-refractivity contribution is 8.01. The van der Waals surface area contributed by atoms with Crippen LogP contribution in [-0.4, -0.2) is 0 Å². The van der Waals surface area contributed by atoms with Gasteiger partial charge < -0.3 is 0 Å². The summed E-state index contributed by atoms with van der Waals surface area (Å²) < 4.78 is 6.37. The Kier molecular flexibility index (Phi) is 16.5. The summed E-state index contributed by atoms with van der Waals surface area (Å²) in [6.07, 6.45) is 0. The predicted molar refractivity (Wildman–Crippen MR) is 348 cm³/mol. The average Bonchev–Trinajstić information content (AvgIpc) is 3.15. The van der Waals surface area contributed by atoms with Crippen LogP contribution in [0.4, 0.5) is 11.4 Å². The smallest absolute Gasteiger partial charge is 0.139 e. The summed E-state index contributed by atoms with van der Waals surface area (Å²) in [6.45, 7) is 88.9. The monoisotopic (exact) mass is 1070 g/mol. The van der Waals surface area contributed by atoms with E-state index in [2.05, 4.69) is 307 Å². The Morgan fingerprint density at radius 1 is 0.197 bits per heavy atom. The van der Waals surface area contributed by atoms with Gasteiger partial charge in [0.1, 0.15) is 16.4 Å².